The van der Waals surface area contributed by atoms with Crippen LogP contribution in [0.25, 0.3) is 0 Å². The number of aliphatic hydroxyl groups excluding tert-OH is 1. The quantitative estimate of drug-likeness (QED) is 0.779. The summed E-state index contributed by atoms with van der Waals surface area (Å²) in [5, 5.41) is 12.8. The van der Waals surface area contributed by atoms with Gasteiger partial charge in [0.05, 0.1) is 12.1 Å². The summed E-state index contributed by atoms with van der Waals surface area (Å²) in [6.45, 7) is 4.23. The highest BCUT2D eigenvalue weighted by atomic mass is 19.1. The van der Waals surface area contributed by atoms with Gasteiger partial charge < -0.3 is 10.4 Å². The highest BCUT2D eigenvalue weighted by Gasteiger charge is 2.25. The molecule has 3 heteroatoms. The van der Waals surface area contributed by atoms with Crippen LogP contribution in [0.1, 0.15) is 33.1 Å². The molecular formula is C13H20FNO. The number of rotatable bonds is 6. The molecule has 0 fully saturated rings. The van der Waals surface area contributed by atoms with Crippen LogP contribution in [0.15, 0.2) is 24.3 Å². The van der Waals surface area contributed by atoms with Gasteiger partial charge in [0.25, 0.3) is 0 Å². The summed E-state index contributed by atoms with van der Waals surface area (Å²) >= 11 is 0. The third kappa shape index (κ3) is 3.20. The Morgan fingerprint density at radius 1 is 1.25 bits per heavy atom. The number of anilines is 1. The Morgan fingerprint density at radius 3 is 2.31 bits per heavy atom. The maximum Gasteiger partial charge on any atom is 0.123 e. The van der Waals surface area contributed by atoms with Crippen LogP contribution in [0.5, 0.6) is 0 Å². The largest absolute Gasteiger partial charge is 0.394 e. The van der Waals surface area contributed by atoms with Gasteiger partial charge in [0.15, 0.2) is 0 Å². The van der Waals surface area contributed by atoms with E-state index in [9.17, 15) is 9.50 Å². The second-order valence-electron chi connectivity index (χ2n) is 4.17. The Hall–Kier alpha value is -1.09. The second kappa shape index (κ2) is 5.85. The molecule has 0 amide bonds. The summed E-state index contributed by atoms with van der Waals surface area (Å²) in [5.41, 5.74) is 0.567. The van der Waals surface area contributed by atoms with E-state index in [0.717, 1.165) is 24.9 Å². The van der Waals surface area contributed by atoms with Crippen LogP contribution in [0.4, 0.5) is 10.1 Å². The summed E-state index contributed by atoms with van der Waals surface area (Å²) in [6, 6.07) is 6.24. The fourth-order valence-corrected chi connectivity index (χ4v) is 1.88. The molecule has 0 radical (unpaired) electrons. The molecular weight excluding hydrogens is 205 g/mol. The number of hydrogen-bond acceptors (Lipinski definition) is 2. The number of benzene rings is 1. The Kier molecular flexibility index (Phi) is 4.74. The van der Waals surface area contributed by atoms with Crippen molar-refractivity contribution in [2.24, 2.45) is 0 Å². The minimum atomic E-state index is -0.285. The van der Waals surface area contributed by atoms with Crippen molar-refractivity contribution in [1.82, 2.24) is 0 Å². The molecule has 16 heavy (non-hydrogen) atoms. The molecule has 0 aromatic heterocycles. The van der Waals surface area contributed by atoms with Crippen molar-refractivity contribution in [1.29, 1.82) is 0 Å². The monoisotopic (exact) mass is 225 g/mol. The van der Waals surface area contributed by atoms with E-state index in [1.807, 2.05) is 6.92 Å². The predicted molar refractivity (Wildman–Crippen MR) is 65.0 cm³/mol. The van der Waals surface area contributed by atoms with Gasteiger partial charge in [-0.05, 0) is 37.1 Å². The Labute approximate surface area is 96.5 Å². The molecule has 90 valence electrons. The van der Waals surface area contributed by atoms with Crippen molar-refractivity contribution < 1.29 is 9.50 Å². The zero-order chi connectivity index (χ0) is 12.0. The van der Waals surface area contributed by atoms with E-state index in [2.05, 4.69) is 12.2 Å². The Morgan fingerprint density at radius 2 is 1.88 bits per heavy atom. The molecule has 0 aliphatic rings. The normalized spacial score (nSPS) is 14.5. The van der Waals surface area contributed by atoms with Gasteiger partial charge in [0.1, 0.15) is 5.82 Å². The van der Waals surface area contributed by atoms with Crippen LogP contribution in [-0.4, -0.2) is 17.3 Å². The maximum absolute atomic E-state index is 12.8. The first-order valence-corrected chi connectivity index (χ1v) is 5.80. The lowest BCUT2D eigenvalue weighted by atomic mass is 9.91. The fraction of sp³-hybridized carbons (Fsp3) is 0.538. The zero-order valence-corrected chi connectivity index (χ0v) is 9.96. The molecule has 0 aliphatic carbocycles. The summed E-state index contributed by atoms with van der Waals surface area (Å²) in [4.78, 5) is 0. The molecule has 0 saturated carbocycles. The third-order valence-corrected chi connectivity index (χ3v) is 2.96. The number of nitrogens with one attached hydrogen (secondary N) is 1. The van der Waals surface area contributed by atoms with Gasteiger partial charge in [0.2, 0.25) is 0 Å². The average molecular weight is 225 g/mol. The van der Waals surface area contributed by atoms with Crippen molar-refractivity contribution in [2.45, 2.75) is 38.6 Å². The van der Waals surface area contributed by atoms with E-state index in [1.165, 1.54) is 12.1 Å². The number of hydrogen-bond donors (Lipinski definition) is 2. The highest BCUT2D eigenvalue weighted by molar-refractivity contribution is 5.45. The lowest BCUT2D eigenvalue weighted by Gasteiger charge is -2.33. The Balaban J connectivity index is 2.78. The molecule has 1 aromatic rings. The third-order valence-electron chi connectivity index (χ3n) is 2.96. The molecule has 1 rings (SSSR count). The van der Waals surface area contributed by atoms with Crippen LogP contribution in [-0.2, 0) is 0 Å². The van der Waals surface area contributed by atoms with E-state index in [4.69, 9.17) is 0 Å². The second-order valence-corrected chi connectivity index (χ2v) is 4.17. The van der Waals surface area contributed by atoms with Crippen LogP contribution >= 0.6 is 0 Å². The lowest BCUT2D eigenvalue weighted by molar-refractivity contribution is 0.197. The molecule has 1 aromatic carbocycles. The van der Waals surface area contributed by atoms with Crippen molar-refractivity contribution in [2.75, 3.05) is 11.9 Å². The van der Waals surface area contributed by atoms with E-state index in [1.54, 1.807) is 12.1 Å². The van der Waals surface area contributed by atoms with E-state index >= 15 is 0 Å². The van der Waals surface area contributed by atoms with Gasteiger partial charge in [-0.25, -0.2) is 4.39 Å². The molecule has 0 heterocycles. The lowest BCUT2D eigenvalue weighted by Crippen LogP contribution is -2.41. The van der Waals surface area contributed by atoms with Crippen molar-refractivity contribution in [3.05, 3.63) is 30.1 Å². The summed E-state index contributed by atoms with van der Waals surface area (Å²) in [6.07, 6.45) is 2.74. The molecule has 0 saturated heterocycles. The fourth-order valence-electron chi connectivity index (χ4n) is 1.88. The first-order chi connectivity index (χ1) is 7.65. The first-order valence-electron chi connectivity index (χ1n) is 5.80. The molecule has 2 nitrogen and oxygen atoms in total. The molecule has 2 N–H and O–H groups in total. The van der Waals surface area contributed by atoms with Gasteiger partial charge in [-0.15, -0.1) is 0 Å². The van der Waals surface area contributed by atoms with Crippen LogP contribution < -0.4 is 5.32 Å². The van der Waals surface area contributed by atoms with Crippen molar-refractivity contribution in [3.63, 3.8) is 0 Å². The molecule has 1 unspecified atom stereocenters. The topological polar surface area (TPSA) is 32.3 Å². The highest BCUT2D eigenvalue weighted by Crippen LogP contribution is 2.23. The van der Waals surface area contributed by atoms with E-state index in [-0.39, 0.29) is 18.0 Å². The summed E-state index contributed by atoms with van der Waals surface area (Å²) in [5.74, 6) is -0.243. The molecule has 0 spiro atoms. The average Bonchev–Trinajstić information content (AvgIpc) is 2.31. The first kappa shape index (κ1) is 13.0. The van der Waals surface area contributed by atoms with Crippen molar-refractivity contribution in [3.8, 4) is 0 Å². The van der Waals surface area contributed by atoms with Crippen LogP contribution in [0.3, 0.4) is 0 Å². The SMILES string of the molecule is CCCC(CC)(CO)Nc1ccc(F)cc1. The van der Waals surface area contributed by atoms with E-state index < -0.39 is 0 Å². The smallest absolute Gasteiger partial charge is 0.123 e. The molecule has 0 aliphatic heterocycles. The minimum Gasteiger partial charge on any atom is -0.394 e. The standard InChI is InChI=1S/C13H20FNO/c1-3-9-13(4-2,10-16)15-12-7-5-11(14)6-8-12/h5-8,15-16H,3-4,9-10H2,1-2H3. The van der Waals surface area contributed by atoms with Crippen LogP contribution in [0, 0.1) is 5.82 Å². The number of halogens is 1. The van der Waals surface area contributed by atoms with Gasteiger partial charge in [0, 0.05) is 5.69 Å². The van der Waals surface area contributed by atoms with Gasteiger partial charge in [-0.1, -0.05) is 20.3 Å². The summed E-state index contributed by atoms with van der Waals surface area (Å²) < 4.78 is 12.8. The van der Waals surface area contributed by atoms with Gasteiger partial charge in [-0.2, -0.15) is 0 Å². The Bertz CT molecular complexity index is 306. The van der Waals surface area contributed by atoms with Crippen molar-refractivity contribution >= 4 is 5.69 Å². The van der Waals surface area contributed by atoms with Gasteiger partial charge >= 0.3 is 0 Å². The maximum atomic E-state index is 12.8. The minimum absolute atomic E-state index is 0.0920. The van der Waals surface area contributed by atoms with E-state index in [0.29, 0.717) is 0 Å². The van der Waals surface area contributed by atoms with Gasteiger partial charge in [-0.3, -0.25) is 0 Å². The molecule has 1 atom stereocenters. The predicted octanol–water partition coefficient (Wildman–Crippen LogP) is 3.18. The van der Waals surface area contributed by atoms with Crippen LogP contribution in [0.2, 0.25) is 0 Å². The number of aliphatic hydroxyl groups is 1. The summed E-state index contributed by atoms with van der Waals surface area (Å²) in [7, 11) is 0. The molecule has 0 bridgehead atoms. The zero-order valence-electron chi connectivity index (χ0n) is 9.96.